The van der Waals surface area contributed by atoms with E-state index in [0.29, 0.717) is 0 Å². The summed E-state index contributed by atoms with van der Waals surface area (Å²) >= 11 is 0. The van der Waals surface area contributed by atoms with E-state index in [2.05, 4.69) is 79.5 Å². The molecule has 0 bridgehead atoms. The molecular weight excluding hydrogens is 256 g/mol. The molecule has 0 amide bonds. The fraction of sp³-hybridized carbons (Fsp3) is 0.368. The molecule has 112 valence electrons. The van der Waals surface area contributed by atoms with Crippen molar-refractivity contribution in [1.82, 2.24) is 4.90 Å². The summed E-state index contributed by atoms with van der Waals surface area (Å²) in [5.41, 5.74) is 5.23. The van der Waals surface area contributed by atoms with Gasteiger partial charge < -0.3 is 5.32 Å². The molecule has 0 aliphatic heterocycles. The average molecular weight is 282 g/mol. The molecule has 2 nitrogen and oxygen atoms in total. The number of para-hydroxylation sites is 1. The fourth-order valence-electron chi connectivity index (χ4n) is 2.42. The second kappa shape index (κ2) is 7.84. The Balaban J connectivity index is 2.04. The third-order valence-electron chi connectivity index (χ3n) is 3.91. The first-order valence-electron chi connectivity index (χ1n) is 7.82. The lowest BCUT2D eigenvalue weighted by Crippen LogP contribution is -2.22. The zero-order valence-electron chi connectivity index (χ0n) is 13.4. The molecule has 2 rings (SSSR count). The summed E-state index contributed by atoms with van der Waals surface area (Å²) in [5.74, 6) is 0. The predicted molar refractivity (Wildman–Crippen MR) is 91.6 cm³/mol. The molecule has 0 radical (unpaired) electrons. The van der Waals surface area contributed by atoms with Gasteiger partial charge in [-0.3, -0.25) is 4.90 Å². The minimum Gasteiger partial charge on any atom is -0.381 e. The summed E-state index contributed by atoms with van der Waals surface area (Å²) in [6, 6.07) is 17.3. The van der Waals surface area contributed by atoms with Crippen LogP contribution in [0.1, 0.15) is 30.5 Å². The van der Waals surface area contributed by atoms with Crippen LogP contribution in [0.2, 0.25) is 0 Å². The van der Waals surface area contributed by atoms with Crippen LogP contribution in [0.25, 0.3) is 0 Å². The molecule has 2 aromatic rings. The topological polar surface area (TPSA) is 15.3 Å². The van der Waals surface area contributed by atoms with Crippen LogP contribution >= 0.6 is 0 Å². The number of hydrogen-bond donors (Lipinski definition) is 1. The van der Waals surface area contributed by atoms with Crippen LogP contribution in [-0.4, -0.2) is 18.0 Å². The molecule has 0 saturated carbocycles. The summed E-state index contributed by atoms with van der Waals surface area (Å²) < 4.78 is 0. The van der Waals surface area contributed by atoms with Crippen LogP contribution in [-0.2, 0) is 13.1 Å². The maximum absolute atomic E-state index is 3.58. The molecule has 1 N–H and O–H groups in total. The first kappa shape index (κ1) is 15.6. The van der Waals surface area contributed by atoms with Gasteiger partial charge in [-0.05, 0) is 37.2 Å². The lowest BCUT2D eigenvalue weighted by molar-refractivity contribution is 0.296. The van der Waals surface area contributed by atoms with E-state index in [0.717, 1.165) is 26.2 Å². The van der Waals surface area contributed by atoms with Crippen LogP contribution in [0.5, 0.6) is 0 Å². The minimum absolute atomic E-state index is 0.871. The van der Waals surface area contributed by atoms with Gasteiger partial charge >= 0.3 is 0 Å². The zero-order valence-corrected chi connectivity index (χ0v) is 13.4. The van der Waals surface area contributed by atoms with Crippen molar-refractivity contribution in [1.29, 1.82) is 0 Å². The number of nitrogens with zero attached hydrogens (tertiary/aromatic N) is 1. The van der Waals surface area contributed by atoms with Gasteiger partial charge in [-0.25, -0.2) is 0 Å². The van der Waals surface area contributed by atoms with Crippen LogP contribution < -0.4 is 5.32 Å². The van der Waals surface area contributed by atoms with Gasteiger partial charge in [0.1, 0.15) is 0 Å². The molecule has 0 spiro atoms. The fourth-order valence-corrected chi connectivity index (χ4v) is 2.42. The maximum atomic E-state index is 3.58. The maximum Gasteiger partial charge on any atom is 0.0400 e. The Hall–Kier alpha value is -1.80. The Bertz CT molecular complexity index is 542. The van der Waals surface area contributed by atoms with Crippen LogP contribution in [0.3, 0.4) is 0 Å². The van der Waals surface area contributed by atoms with Crippen LogP contribution in [0, 0.1) is 6.92 Å². The van der Waals surface area contributed by atoms with E-state index in [9.17, 15) is 0 Å². The van der Waals surface area contributed by atoms with Crippen LogP contribution in [0.15, 0.2) is 48.5 Å². The van der Waals surface area contributed by atoms with Crippen molar-refractivity contribution in [2.45, 2.75) is 33.9 Å². The van der Waals surface area contributed by atoms with Crippen molar-refractivity contribution in [3.63, 3.8) is 0 Å². The number of rotatable bonds is 7. The van der Waals surface area contributed by atoms with E-state index in [1.807, 2.05) is 0 Å². The van der Waals surface area contributed by atoms with Gasteiger partial charge in [0.2, 0.25) is 0 Å². The standard InChI is InChI=1S/C19H26N2/c1-4-21(5-2)15-18-8-6-7-9-19(18)20-14-17-12-10-16(3)11-13-17/h6-13,20H,4-5,14-15H2,1-3H3. The molecule has 0 unspecified atom stereocenters. The van der Waals surface area contributed by atoms with Crippen molar-refractivity contribution in [2.24, 2.45) is 0 Å². The van der Waals surface area contributed by atoms with Gasteiger partial charge in [-0.2, -0.15) is 0 Å². The average Bonchev–Trinajstić information content (AvgIpc) is 2.53. The van der Waals surface area contributed by atoms with Crippen molar-refractivity contribution in [3.05, 3.63) is 65.2 Å². The van der Waals surface area contributed by atoms with E-state index in [1.54, 1.807) is 0 Å². The van der Waals surface area contributed by atoms with Crippen molar-refractivity contribution in [3.8, 4) is 0 Å². The van der Waals surface area contributed by atoms with Gasteiger partial charge in [0.05, 0.1) is 0 Å². The number of aryl methyl sites for hydroxylation is 1. The number of anilines is 1. The number of nitrogens with one attached hydrogen (secondary N) is 1. The first-order chi connectivity index (χ1) is 10.2. The molecule has 0 aliphatic rings. The monoisotopic (exact) mass is 282 g/mol. The summed E-state index contributed by atoms with van der Waals surface area (Å²) in [6.45, 7) is 10.6. The van der Waals surface area contributed by atoms with Crippen molar-refractivity contribution >= 4 is 5.69 Å². The normalized spacial score (nSPS) is 10.9. The molecule has 0 saturated heterocycles. The summed E-state index contributed by atoms with van der Waals surface area (Å²) in [7, 11) is 0. The lowest BCUT2D eigenvalue weighted by atomic mass is 10.1. The molecule has 0 heterocycles. The first-order valence-corrected chi connectivity index (χ1v) is 7.82. The summed E-state index contributed by atoms with van der Waals surface area (Å²) in [4.78, 5) is 2.44. The SMILES string of the molecule is CCN(CC)Cc1ccccc1NCc1ccc(C)cc1. The smallest absolute Gasteiger partial charge is 0.0400 e. The molecule has 0 aliphatic carbocycles. The highest BCUT2D eigenvalue weighted by atomic mass is 15.1. The van der Waals surface area contributed by atoms with Crippen molar-refractivity contribution < 1.29 is 0 Å². The highest BCUT2D eigenvalue weighted by molar-refractivity contribution is 5.51. The Kier molecular flexibility index (Phi) is 5.82. The molecular formula is C19H26N2. The third-order valence-corrected chi connectivity index (χ3v) is 3.91. The van der Waals surface area contributed by atoms with E-state index in [4.69, 9.17) is 0 Å². The molecule has 0 aromatic heterocycles. The van der Waals surface area contributed by atoms with Gasteiger partial charge in [-0.15, -0.1) is 0 Å². The second-order valence-corrected chi connectivity index (χ2v) is 5.46. The molecule has 0 fully saturated rings. The lowest BCUT2D eigenvalue weighted by Gasteiger charge is -2.20. The third kappa shape index (κ3) is 4.61. The van der Waals surface area contributed by atoms with Gasteiger partial charge in [0, 0.05) is 18.8 Å². The zero-order chi connectivity index (χ0) is 15.1. The number of hydrogen-bond acceptors (Lipinski definition) is 2. The minimum atomic E-state index is 0.871. The van der Waals surface area contributed by atoms with E-state index < -0.39 is 0 Å². The molecule has 21 heavy (non-hydrogen) atoms. The Morgan fingerprint density at radius 2 is 1.57 bits per heavy atom. The molecule has 2 heteroatoms. The second-order valence-electron chi connectivity index (χ2n) is 5.46. The Labute approximate surface area is 128 Å². The summed E-state index contributed by atoms with van der Waals surface area (Å²) in [6.07, 6.45) is 0. The molecule has 2 aromatic carbocycles. The molecule has 0 atom stereocenters. The number of benzene rings is 2. The summed E-state index contributed by atoms with van der Waals surface area (Å²) in [5, 5.41) is 3.58. The van der Waals surface area contributed by atoms with E-state index >= 15 is 0 Å². The highest BCUT2D eigenvalue weighted by Crippen LogP contribution is 2.18. The Morgan fingerprint density at radius 1 is 0.905 bits per heavy atom. The largest absolute Gasteiger partial charge is 0.381 e. The van der Waals surface area contributed by atoms with Gasteiger partial charge in [0.15, 0.2) is 0 Å². The van der Waals surface area contributed by atoms with Crippen molar-refractivity contribution in [2.75, 3.05) is 18.4 Å². The van der Waals surface area contributed by atoms with Gasteiger partial charge in [-0.1, -0.05) is 61.9 Å². The van der Waals surface area contributed by atoms with Crippen LogP contribution in [0.4, 0.5) is 5.69 Å². The van der Waals surface area contributed by atoms with E-state index in [1.165, 1.54) is 22.4 Å². The quantitative estimate of drug-likeness (QED) is 0.807. The van der Waals surface area contributed by atoms with E-state index in [-0.39, 0.29) is 0 Å². The Morgan fingerprint density at radius 3 is 2.24 bits per heavy atom. The highest BCUT2D eigenvalue weighted by Gasteiger charge is 2.05. The predicted octanol–water partition coefficient (Wildman–Crippen LogP) is 4.45. The van der Waals surface area contributed by atoms with Gasteiger partial charge in [0.25, 0.3) is 0 Å².